The van der Waals surface area contributed by atoms with E-state index in [1.807, 2.05) is 30.5 Å². The monoisotopic (exact) mass is 977 g/mol. The van der Waals surface area contributed by atoms with Crippen LogP contribution in [0.5, 0.6) is 0 Å². The van der Waals surface area contributed by atoms with E-state index >= 15 is 0 Å². The van der Waals surface area contributed by atoms with Crippen LogP contribution in [0.2, 0.25) is 17.3 Å². The molecule has 3 heterocycles. The Morgan fingerprint density at radius 1 is 0.643 bits per heavy atom. The second kappa shape index (κ2) is 18.6. The predicted octanol–water partition coefficient (Wildman–Crippen LogP) is 13.5. The molecule has 1 radical (unpaired) electrons. The Morgan fingerprint density at radius 2 is 1.38 bits per heavy atom. The van der Waals surface area contributed by atoms with Crippen LogP contribution in [0.15, 0.2) is 120 Å². The molecule has 2 aliphatic rings. The third-order valence-electron chi connectivity index (χ3n) is 11.9. The van der Waals surface area contributed by atoms with Gasteiger partial charge in [-0.2, -0.15) is 0 Å². The summed E-state index contributed by atoms with van der Waals surface area (Å²) < 4.78 is 8.01. The first kappa shape index (κ1) is 40.4. The molecule has 2 aliphatic carbocycles. The predicted molar refractivity (Wildman–Crippen MR) is 233 cm³/mol. The number of benzene rings is 4. The van der Waals surface area contributed by atoms with E-state index in [1.54, 1.807) is 9.96 Å². The molecule has 0 spiro atoms. The van der Waals surface area contributed by atoms with Crippen LogP contribution in [-0.2, 0) is 32.9 Å². The quantitative estimate of drug-likeness (QED) is 0.113. The Labute approximate surface area is 350 Å². The van der Waals surface area contributed by atoms with Crippen molar-refractivity contribution < 1.29 is 24.5 Å². The molecule has 7 aromatic rings. The number of furan rings is 1. The summed E-state index contributed by atoms with van der Waals surface area (Å²) in [6.07, 6.45) is 20.5. The fourth-order valence-corrected chi connectivity index (χ4v) is 12.3. The molecule has 0 bridgehead atoms. The van der Waals surface area contributed by atoms with E-state index in [9.17, 15) is 0 Å². The Balaban J connectivity index is 0.000000178. The molecule has 0 aliphatic heterocycles. The summed E-state index contributed by atoms with van der Waals surface area (Å²) in [4.78, 5) is 9.48. The van der Waals surface area contributed by atoms with Gasteiger partial charge in [0, 0.05) is 31.7 Å². The van der Waals surface area contributed by atoms with Gasteiger partial charge in [-0.25, -0.2) is 0 Å². The van der Waals surface area contributed by atoms with Crippen molar-refractivity contribution in [1.29, 1.82) is 0 Å². The average molecular weight is 976 g/mol. The molecule has 9 rings (SSSR count). The zero-order valence-corrected chi connectivity index (χ0v) is 37.7. The number of nitrogens with zero attached hydrogens (tertiary/aromatic N) is 2. The van der Waals surface area contributed by atoms with Gasteiger partial charge in [-0.05, 0) is 41.3 Å². The zero-order valence-electron chi connectivity index (χ0n) is 33.2. The number of rotatable bonds is 8. The normalized spacial score (nSPS) is 15.3. The molecule has 0 atom stereocenters. The Kier molecular flexibility index (Phi) is 13.4. The minimum absolute atomic E-state index is 0. The molecule has 0 unspecified atom stereocenters. The van der Waals surface area contributed by atoms with Crippen molar-refractivity contribution in [3.8, 4) is 33.6 Å². The summed E-state index contributed by atoms with van der Waals surface area (Å²) in [7, 11) is 0. The van der Waals surface area contributed by atoms with Crippen molar-refractivity contribution in [2.75, 3.05) is 0 Å². The summed E-state index contributed by atoms with van der Waals surface area (Å²) >= 11 is -1.89. The standard InChI is InChI=1S/C30H26NO.C21H28GeN.Ir/c1-3-8-21(9-4-1)18-22-16-17-31-28(19-22)27-13-7-12-26-25-15-14-24(20-29(25)32-30(26)27)23-10-5-2-6-11-23;1-22(2,3)20-16-23-21(18-12-8-5-9-13-18)15-19(20)14-17-10-6-4-7-11-17;/h2,5-7,10-12,14-17,19-21H,1,3-4,8-9,18H2;5,8-9,12,15-17H,4,6-7,10-11,14H2,1-3H3;/q2*-1;. The van der Waals surface area contributed by atoms with Crippen molar-refractivity contribution in [1.82, 2.24) is 9.97 Å². The van der Waals surface area contributed by atoms with Crippen molar-refractivity contribution in [3.05, 3.63) is 139 Å². The van der Waals surface area contributed by atoms with Gasteiger partial charge in [-0.3, -0.25) is 0 Å². The number of hydrogen-bond acceptors (Lipinski definition) is 3. The van der Waals surface area contributed by atoms with Crippen molar-refractivity contribution >= 4 is 39.6 Å². The minimum Gasteiger partial charge on any atom is -0.501 e. The zero-order chi connectivity index (χ0) is 37.6. The third-order valence-corrected chi connectivity index (χ3v) is 16.2. The van der Waals surface area contributed by atoms with Crippen LogP contribution < -0.4 is 4.40 Å². The summed E-state index contributed by atoms with van der Waals surface area (Å²) in [6.45, 7) is 0. The molecule has 0 saturated heterocycles. The Hall–Kier alpha value is -3.83. The molecule has 5 heteroatoms. The van der Waals surface area contributed by atoms with Crippen molar-refractivity contribution in [3.63, 3.8) is 0 Å². The van der Waals surface area contributed by atoms with Crippen molar-refractivity contribution in [2.45, 2.75) is 94.3 Å². The average Bonchev–Trinajstić information content (AvgIpc) is 3.60. The molecule has 0 N–H and O–H groups in total. The molecule has 2 fully saturated rings. The molecule has 0 amide bonds. The molecular formula is C51H54GeIrN2O-2. The van der Waals surface area contributed by atoms with Gasteiger partial charge in [0.2, 0.25) is 0 Å². The van der Waals surface area contributed by atoms with Crippen LogP contribution in [0.1, 0.15) is 75.3 Å². The SMILES string of the molecule is [CH3][Ge]([CH3])([CH3])[c]1cnc(-c2[c-]cccc2)cc1CC1CCCCC1.[Ir].[c-]1ccc2c(oc3cc(-c4ccccc4)ccc32)c1-c1cc(CC2CCCCC2)ccn1. The van der Waals surface area contributed by atoms with Gasteiger partial charge in [0.05, 0.1) is 5.58 Å². The number of fused-ring (bicyclic) bond motifs is 3. The maximum absolute atomic E-state index is 6.42. The number of pyridine rings is 2. The first-order valence-corrected chi connectivity index (χ1v) is 28.1. The molecule has 4 aromatic carbocycles. The van der Waals surface area contributed by atoms with Crippen LogP contribution in [-0.4, -0.2) is 23.2 Å². The molecule has 3 aromatic heterocycles. The van der Waals surface area contributed by atoms with Crippen LogP contribution in [0.4, 0.5) is 0 Å². The van der Waals surface area contributed by atoms with Crippen LogP contribution >= 0.6 is 0 Å². The summed E-state index contributed by atoms with van der Waals surface area (Å²) in [5.74, 6) is 9.13. The van der Waals surface area contributed by atoms with E-state index in [0.717, 1.165) is 68.3 Å². The second-order valence-corrected chi connectivity index (χ2v) is 27.6. The van der Waals surface area contributed by atoms with Gasteiger partial charge in [-0.15, -0.1) is 18.2 Å². The Morgan fingerprint density at radius 3 is 2.09 bits per heavy atom. The van der Waals surface area contributed by atoms with Gasteiger partial charge < -0.3 is 9.40 Å². The van der Waals surface area contributed by atoms with Gasteiger partial charge in [0.1, 0.15) is 5.58 Å². The smallest absolute Gasteiger partial charge is 0.121 e. The van der Waals surface area contributed by atoms with E-state index in [1.165, 1.54) is 81.8 Å². The fraction of sp³-hybridized carbons (Fsp3) is 0.333. The third kappa shape index (κ3) is 9.64. The van der Waals surface area contributed by atoms with Crippen LogP contribution in [0.3, 0.4) is 0 Å². The maximum Gasteiger partial charge on any atom is 0.121 e. The summed E-state index contributed by atoms with van der Waals surface area (Å²) in [6, 6.07) is 42.7. The second-order valence-electron chi connectivity index (χ2n) is 17.0. The molecule has 289 valence electrons. The maximum atomic E-state index is 6.42. The molecular weight excluding hydrogens is 921 g/mol. The van der Waals surface area contributed by atoms with Crippen molar-refractivity contribution in [2.24, 2.45) is 11.8 Å². The first-order chi connectivity index (χ1) is 26.9. The molecule has 2 saturated carbocycles. The summed E-state index contributed by atoms with van der Waals surface area (Å²) in [5, 5.41) is 2.25. The summed E-state index contributed by atoms with van der Waals surface area (Å²) in [5.41, 5.74) is 11.2. The molecule has 3 nitrogen and oxygen atoms in total. The number of hydrogen-bond donors (Lipinski definition) is 0. The van der Waals surface area contributed by atoms with E-state index in [-0.39, 0.29) is 20.1 Å². The van der Waals surface area contributed by atoms with E-state index in [0.29, 0.717) is 0 Å². The van der Waals surface area contributed by atoms with Gasteiger partial charge in [0.25, 0.3) is 0 Å². The number of aromatic nitrogens is 2. The minimum atomic E-state index is -1.89. The van der Waals surface area contributed by atoms with Gasteiger partial charge >= 0.3 is 144 Å². The topological polar surface area (TPSA) is 38.9 Å². The van der Waals surface area contributed by atoms with E-state index in [2.05, 4.69) is 114 Å². The van der Waals surface area contributed by atoms with Crippen LogP contribution in [0.25, 0.3) is 55.6 Å². The van der Waals surface area contributed by atoms with Crippen LogP contribution in [0, 0.1) is 24.0 Å². The fourth-order valence-electron chi connectivity index (χ4n) is 8.95. The first-order valence-electron chi connectivity index (χ1n) is 20.7. The largest absolute Gasteiger partial charge is 0.501 e. The van der Waals surface area contributed by atoms with E-state index in [4.69, 9.17) is 14.4 Å². The molecule has 56 heavy (non-hydrogen) atoms. The Bertz CT molecular complexity index is 2330. The van der Waals surface area contributed by atoms with Gasteiger partial charge in [0.15, 0.2) is 0 Å². The van der Waals surface area contributed by atoms with Gasteiger partial charge in [-0.1, -0.05) is 97.1 Å². The van der Waals surface area contributed by atoms with E-state index < -0.39 is 13.3 Å².